The number of nitrogens with zero attached hydrogens (tertiary/aromatic N) is 4. The van der Waals surface area contributed by atoms with E-state index in [0.29, 0.717) is 26.1 Å². The lowest BCUT2D eigenvalue weighted by Crippen LogP contribution is -2.49. The summed E-state index contributed by atoms with van der Waals surface area (Å²) < 4.78 is 5.52. The summed E-state index contributed by atoms with van der Waals surface area (Å²) in [6, 6.07) is 18.0. The molecule has 0 unspecified atom stereocenters. The quantitative estimate of drug-likeness (QED) is 0.613. The molecular weight excluding hydrogens is 388 g/mol. The van der Waals surface area contributed by atoms with Gasteiger partial charge in [0.05, 0.1) is 18.7 Å². The second-order valence-corrected chi connectivity index (χ2v) is 7.69. The third-order valence-electron chi connectivity index (χ3n) is 5.67. The summed E-state index contributed by atoms with van der Waals surface area (Å²) in [5.41, 5.74) is 4.17. The van der Waals surface area contributed by atoms with Crippen LogP contribution in [0.4, 0.5) is 5.82 Å². The fourth-order valence-electron chi connectivity index (χ4n) is 3.83. The molecule has 4 rings (SSSR count). The zero-order valence-electron chi connectivity index (χ0n) is 18.1. The number of aromatic nitrogens is 2. The lowest BCUT2D eigenvalue weighted by Gasteiger charge is -2.35. The Kier molecular flexibility index (Phi) is 6.46. The van der Waals surface area contributed by atoms with E-state index < -0.39 is 0 Å². The topological polar surface area (TPSA) is 58.6 Å². The van der Waals surface area contributed by atoms with Gasteiger partial charge in [-0.05, 0) is 49.2 Å². The number of rotatable bonds is 6. The number of aryl methyl sites for hydroxylation is 1. The molecule has 31 heavy (non-hydrogen) atoms. The van der Waals surface area contributed by atoms with Crippen LogP contribution in [-0.2, 0) is 11.2 Å². The van der Waals surface area contributed by atoms with Gasteiger partial charge in [0, 0.05) is 37.8 Å². The van der Waals surface area contributed by atoms with Crippen LogP contribution < -0.4 is 9.64 Å². The van der Waals surface area contributed by atoms with Crippen molar-refractivity contribution in [2.24, 2.45) is 0 Å². The summed E-state index contributed by atoms with van der Waals surface area (Å²) >= 11 is 0. The molecule has 1 aliphatic heterocycles. The lowest BCUT2D eigenvalue weighted by atomic mass is 10.1. The van der Waals surface area contributed by atoms with Gasteiger partial charge >= 0.3 is 0 Å². The first-order chi connectivity index (χ1) is 15.1. The zero-order chi connectivity index (χ0) is 21.6. The lowest BCUT2D eigenvalue weighted by molar-refractivity contribution is -0.130. The number of benzene rings is 2. The van der Waals surface area contributed by atoms with Crippen molar-refractivity contribution in [2.45, 2.75) is 20.3 Å². The molecule has 0 bridgehead atoms. The monoisotopic (exact) mass is 416 g/mol. The van der Waals surface area contributed by atoms with Crippen molar-refractivity contribution >= 4 is 11.7 Å². The number of amides is 1. The summed E-state index contributed by atoms with van der Waals surface area (Å²) in [7, 11) is 0. The van der Waals surface area contributed by atoms with Crippen LogP contribution in [0.5, 0.6) is 5.75 Å². The van der Waals surface area contributed by atoms with Crippen LogP contribution in [-0.4, -0.2) is 53.6 Å². The number of piperazine rings is 1. The van der Waals surface area contributed by atoms with Gasteiger partial charge in [-0.3, -0.25) is 4.79 Å². The Bertz CT molecular complexity index is 1030. The van der Waals surface area contributed by atoms with Crippen molar-refractivity contribution in [3.8, 4) is 17.0 Å². The summed E-state index contributed by atoms with van der Waals surface area (Å²) in [5.74, 6) is 1.93. The molecule has 6 heteroatoms. The minimum atomic E-state index is 0.187. The molecule has 0 aliphatic carbocycles. The number of ether oxygens (including phenoxy) is 1. The fourth-order valence-corrected chi connectivity index (χ4v) is 3.83. The predicted molar refractivity (Wildman–Crippen MR) is 122 cm³/mol. The van der Waals surface area contributed by atoms with Crippen LogP contribution in [0.15, 0.2) is 60.9 Å². The molecule has 2 aromatic carbocycles. The highest BCUT2D eigenvalue weighted by Crippen LogP contribution is 2.24. The van der Waals surface area contributed by atoms with Gasteiger partial charge in [0.25, 0.3) is 0 Å². The summed E-state index contributed by atoms with van der Waals surface area (Å²) in [6.07, 6.45) is 2.07. The van der Waals surface area contributed by atoms with Gasteiger partial charge < -0.3 is 14.5 Å². The Morgan fingerprint density at radius 3 is 2.45 bits per heavy atom. The van der Waals surface area contributed by atoms with Crippen LogP contribution >= 0.6 is 0 Å². The summed E-state index contributed by atoms with van der Waals surface area (Å²) in [5, 5.41) is 0. The minimum absolute atomic E-state index is 0.187. The van der Waals surface area contributed by atoms with Gasteiger partial charge in [0.1, 0.15) is 17.9 Å². The van der Waals surface area contributed by atoms with Crippen molar-refractivity contribution in [3.63, 3.8) is 0 Å². The third-order valence-corrected chi connectivity index (χ3v) is 5.67. The van der Waals surface area contributed by atoms with E-state index in [1.165, 1.54) is 0 Å². The average Bonchev–Trinajstić information content (AvgIpc) is 2.81. The molecule has 0 spiro atoms. The largest absolute Gasteiger partial charge is 0.494 e. The van der Waals surface area contributed by atoms with Crippen molar-refractivity contribution in [3.05, 3.63) is 72.1 Å². The molecule has 1 saturated heterocycles. The highest BCUT2D eigenvalue weighted by molar-refractivity contribution is 5.79. The Morgan fingerprint density at radius 1 is 1.00 bits per heavy atom. The molecule has 1 aliphatic rings. The van der Waals surface area contributed by atoms with Crippen LogP contribution in [0.1, 0.15) is 18.1 Å². The number of anilines is 1. The smallest absolute Gasteiger partial charge is 0.227 e. The first-order valence-electron chi connectivity index (χ1n) is 10.8. The van der Waals surface area contributed by atoms with Gasteiger partial charge in [0.2, 0.25) is 5.91 Å². The van der Waals surface area contributed by atoms with Crippen molar-refractivity contribution in [1.29, 1.82) is 0 Å². The highest BCUT2D eigenvalue weighted by Gasteiger charge is 2.22. The molecule has 0 radical (unpaired) electrons. The van der Waals surface area contributed by atoms with Gasteiger partial charge in [-0.1, -0.05) is 24.3 Å². The van der Waals surface area contributed by atoms with E-state index in [9.17, 15) is 4.79 Å². The Balaban J connectivity index is 1.38. The number of carbonyl (C=O) groups is 1. The number of hydrogen-bond donors (Lipinski definition) is 0. The highest BCUT2D eigenvalue weighted by atomic mass is 16.5. The van der Waals surface area contributed by atoms with Gasteiger partial charge in [-0.25, -0.2) is 9.97 Å². The van der Waals surface area contributed by atoms with Gasteiger partial charge in [-0.2, -0.15) is 0 Å². The van der Waals surface area contributed by atoms with E-state index in [4.69, 9.17) is 4.74 Å². The second kappa shape index (κ2) is 9.60. The van der Waals surface area contributed by atoms with E-state index in [-0.39, 0.29) is 5.91 Å². The SMILES string of the molecule is CCOc1ccc(-c2cc(N3CCN(C(=O)Cc4ccccc4C)CC3)ncn2)cc1. The normalized spacial score (nSPS) is 13.9. The Labute approximate surface area is 183 Å². The molecule has 6 nitrogen and oxygen atoms in total. The van der Waals surface area contributed by atoms with Gasteiger partial charge in [0.15, 0.2) is 0 Å². The third kappa shape index (κ3) is 5.02. The molecule has 160 valence electrons. The van der Waals surface area contributed by atoms with E-state index in [0.717, 1.165) is 47.0 Å². The van der Waals surface area contributed by atoms with E-state index >= 15 is 0 Å². The number of hydrogen-bond acceptors (Lipinski definition) is 5. The first kappa shape index (κ1) is 20.8. The maximum Gasteiger partial charge on any atom is 0.227 e. The Morgan fingerprint density at radius 2 is 1.74 bits per heavy atom. The molecule has 3 aromatic rings. The first-order valence-corrected chi connectivity index (χ1v) is 10.8. The van der Waals surface area contributed by atoms with E-state index in [1.807, 2.05) is 60.4 Å². The molecule has 0 atom stereocenters. The van der Waals surface area contributed by atoms with E-state index in [1.54, 1.807) is 6.33 Å². The average molecular weight is 417 g/mol. The maximum absolute atomic E-state index is 12.7. The fraction of sp³-hybridized carbons (Fsp3) is 0.320. The van der Waals surface area contributed by atoms with Gasteiger partial charge in [-0.15, -0.1) is 0 Å². The maximum atomic E-state index is 12.7. The molecule has 0 N–H and O–H groups in total. The Hall–Kier alpha value is -3.41. The predicted octanol–water partition coefficient (Wildman–Crippen LogP) is 3.74. The standard InChI is InChI=1S/C25H28N4O2/c1-3-31-22-10-8-20(9-11-22)23-17-24(27-18-26-23)28-12-14-29(15-13-28)25(30)16-21-7-5-4-6-19(21)2/h4-11,17-18H,3,12-16H2,1-2H3. The van der Waals surface area contributed by atoms with Crippen molar-refractivity contribution in [1.82, 2.24) is 14.9 Å². The molecule has 0 saturated carbocycles. The minimum Gasteiger partial charge on any atom is -0.494 e. The van der Waals surface area contributed by atoms with Crippen molar-refractivity contribution < 1.29 is 9.53 Å². The molecule has 1 fully saturated rings. The number of carbonyl (C=O) groups excluding carboxylic acids is 1. The molecule has 2 heterocycles. The molecule has 1 aromatic heterocycles. The molecular formula is C25H28N4O2. The van der Waals surface area contributed by atoms with Crippen LogP contribution in [0, 0.1) is 6.92 Å². The van der Waals surface area contributed by atoms with Crippen LogP contribution in [0.2, 0.25) is 0 Å². The van der Waals surface area contributed by atoms with Crippen LogP contribution in [0.3, 0.4) is 0 Å². The summed E-state index contributed by atoms with van der Waals surface area (Å²) in [4.78, 5) is 25.8. The second-order valence-electron chi connectivity index (χ2n) is 7.69. The van der Waals surface area contributed by atoms with E-state index in [2.05, 4.69) is 27.9 Å². The van der Waals surface area contributed by atoms with Crippen molar-refractivity contribution in [2.75, 3.05) is 37.7 Å². The molecule has 1 amide bonds. The van der Waals surface area contributed by atoms with Crippen LogP contribution in [0.25, 0.3) is 11.3 Å². The zero-order valence-corrected chi connectivity index (χ0v) is 18.1. The summed E-state index contributed by atoms with van der Waals surface area (Å²) in [6.45, 7) is 7.60.